The number of carbonyl (C=O) groups excluding carboxylic acids is 2. The lowest BCUT2D eigenvalue weighted by Crippen LogP contribution is -2.38. The molecule has 8 nitrogen and oxygen atoms in total. The number of fused-ring (bicyclic) bond motifs is 1. The minimum Gasteiger partial charge on any atom is -0.490 e. The van der Waals surface area contributed by atoms with Gasteiger partial charge in [0.1, 0.15) is 11.8 Å². The molecule has 1 atom stereocenters. The monoisotopic (exact) mass is 407 g/mol. The van der Waals surface area contributed by atoms with Crippen molar-refractivity contribution in [3.63, 3.8) is 0 Å². The van der Waals surface area contributed by atoms with Crippen LogP contribution in [0.15, 0.2) is 48.5 Å². The standard InChI is InChI=1S/C22H25N5O3/c1-14(2)30-18-11-7-10-17-19(18)20(24-21(28)16-13-26(3)22(29)23-16)25-27(17)12-15-8-5-4-6-9-15/h4-11,14,16H,12-13H2,1-3H3,(H,23,29)(H,24,25,28). The second kappa shape index (κ2) is 8.06. The van der Waals surface area contributed by atoms with Crippen LogP contribution in [-0.2, 0) is 11.3 Å². The van der Waals surface area contributed by atoms with Crippen LogP contribution >= 0.6 is 0 Å². The van der Waals surface area contributed by atoms with Crippen molar-refractivity contribution < 1.29 is 14.3 Å². The summed E-state index contributed by atoms with van der Waals surface area (Å²) in [6.45, 7) is 4.77. The van der Waals surface area contributed by atoms with Crippen molar-refractivity contribution in [2.45, 2.75) is 32.5 Å². The van der Waals surface area contributed by atoms with E-state index in [-0.39, 0.29) is 18.0 Å². The number of hydrogen-bond acceptors (Lipinski definition) is 4. The van der Waals surface area contributed by atoms with Crippen LogP contribution in [0.25, 0.3) is 10.9 Å². The summed E-state index contributed by atoms with van der Waals surface area (Å²) in [6.07, 6.45) is -0.0283. The number of aromatic nitrogens is 2. The van der Waals surface area contributed by atoms with E-state index in [0.29, 0.717) is 24.7 Å². The predicted octanol–water partition coefficient (Wildman–Crippen LogP) is 2.83. The van der Waals surface area contributed by atoms with Crippen LogP contribution in [0.4, 0.5) is 10.6 Å². The van der Waals surface area contributed by atoms with Crippen LogP contribution in [0.1, 0.15) is 19.4 Å². The highest BCUT2D eigenvalue weighted by Gasteiger charge is 2.32. The van der Waals surface area contributed by atoms with E-state index < -0.39 is 6.04 Å². The number of anilines is 1. The van der Waals surface area contributed by atoms with E-state index in [4.69, 9.17) is 4.74 Å². The van der Waals surface area contributed by atoms with Gasteiger partial charge in [-0.05, 0) is 31.5 Å². The Bertz CT molecular complexity index is 1080. The van der Waals surface area contributed by atoms with Crippen LogP contribution < -0.4 is 15.4 Å². The quantitative estimate of drug-likeness (QED) is 0.658. The van der Waals surface area contributed by atoms with Crippen LogP contribution in [0, 0.1) is 0 Å². The summed E-state index contributed by atoms with van der Waals surface area (Å²) in [5.41, 5.74) is 1.96. The average molecular weight is 407 g/mol. The Labute approximate surface area is 174 Å². The zero-order valence-corrected chi connectivity index (χ0v) is 17.3. The van der Waals surface area contributed by atoms with Gasteiger partial charge in [0, 0.05) is 7.05 Å². The molecule has 0 aliphatic carbocycles. The number of likely N-dealkylation sites (N-methyl/N-ethyl adjacent to an activating group) is 1. The fourth-order valence-corrected chi connectivity index (χ4v) is 3.53. The Morgan fingerprint density at radius 3 is 2.67 bits per heavy atom. The fourth-order valence-electron chi connectivity index (χ4n) is 3.53. The molecule has 2 heterocycles. The molecule has 1 aliphatic heterocycles. The summed E-state index contributed by atoms with van der Waals surface area (Å²) in [7, 11) is 1.65. The predicted molar refractivity (Wildman–Crippen MR) is 115 cm³/mol. The molecule has 1 aromatic heterocycles. The van der Waals surface area contributed by atoms with E-state index in [1.165, 1.54) is 4.90 Å². The van der Waals surface area contributed by atoms with Gasteiger partial charge >= 0.3 is 6.03 Å². The first-order valence-corrected chi connectivity index (χ1v) is 9.95. The van der Waals surface area contributed by atoms with Gasteiger partial charge in [-0.25, -0.2) is 4.79 Å². The number of urea groups is 1. The Kier molecular flexibility index (Phi) is 5.31. The molecule has 1 unspecified atom stereocenters. The van der Waals surface area contributed by atoms with Crippen LogP contribution in [0.5, 0.6) is 5.75 Å². The van der Waals surface area contributed by atoms with Crippen molar-refractivity contribution in [2.75, 3.05) is 18.9 Å². The van der Waals surface area contributed by atoms with E-state index in [9.17, 15) is 9.59 Å². The van der Waals surface area contributed by atoms with Crippen LogP contribution in [0.2, 0.25) is 0 Å². The smallest absolute Gasteiger partial charge is 0.317 e. The molecule has 1 aliphatic rings. The van der Waals surface area contributed by atoms with Crippen molar-refractivity contribution >= 4 is 28.7 Å². The van der Waals surface area contributed by atoms with Crippen molar-refractivity contribution in [2.24, 2.45) is 0 Å². The molecule has 4 rings (SSSR count). The molecule has 3 aromatic rings. The lowest BCUT2D eigenvalue weighted by molar-refractivity contribution is -0.117. The molecule has 0 bridgehead atoms. The van der Waals surface area contributed by atoms with Crippen molar-refractivity contribution in [1.29, 1.82) is 0 Å². The van der Waals surface area contributed by atoms with Gasteiger partial charge in [-0.2, -0.15) is 5.10 Å². The molecule has 0 spiro atoms. The largest absolute Gasteiger partial charge is 0.490 e. The SMILES string of the molecule is CC(C)Oc1cccc2c1c(NC(=O)C1CN(C)C(=O)N1)nn2Cc1ccccc1. The third-order valence-corrected chi connectivity index (χ3v) is 4.94. The molecule has 2 N–H and O–H groups in total. The van der Waals surface area contributed by atoms with Gasteiger partial charge < -0.3 is 20.3 Å². The molecular formula is C22H25N5O3. The molecular weight excluding hydrogens is 382 g/mol. The number of rotatable bonds is 6. The molecule has 0 radical (unpaired) electrons. The first-order valence-electron chi connectivity index (χ1n) is 9.95. The third kappa shape index (κ3) is 3.94. The first kappa shape index (κ1) is 19.8. The van der Waals surface area contributed by atoms with Crippen LogP contribution in [-0.4, -0.2) is 52.4 Å². The van der Waals surface area contributed by atoms with Gasteiger partial charge in [-0.3, -0.25) is 9.48 Å². The van der Waals surface area contributed by atoms with Gasteiger partial charge in [-0.15, -0.1) is 0 Å². The molecule has 1 fully saturated rings. The normalized spacial score (nSPS) is 16.2. The number of nitrogens with one attached hydrogen (secondary N) is 2. The van der Waals surface area contributed by atoms with Crippen LogP contribution in [0.3, 0.4) is 0 Å². The highest BCUT2D eigenvalue weighted by Crippen LogP contribution is 2.33. The number of ether oxygens (including phenoxy) is 1. The number of benzene rings is 2. The summed E-state index contributed by atoms with van der Waals surface area (Å²) in [5, 5.41) is 11.0. The first-order chi connectivity index (χ1) is 14.4. The Hall–Kier alpha value is -3.55. The zero-order valence-electron chi connectivity index (χ0n) is 17.3. The molecule has 30 heavy (non-hydrogen) atoms. The minimum absolute atomic E-state index is 0.0283. The maximum absolute atomic E-state index is 12.8. The van der Waals surface area contributed by atoms with E-state index in [1.54, 1.807) is 7.05 Å². The van der Waals surface area contributed by atoms with E-state index in [0.717, 1.165) is 16.5 Å². The molecule has 156 valence electrons. The number of amides is 3. The Morgan fingerprint density at radius 1 is 1.23 bits per heavy atom. The molecule has 2 aromatic carbocycles. The molecule has 1 saturated heterocycles. The summed E-state index contributed by atoms with van der Waals surface area (Å²) < 4.78 is 7.84. The Morgan fingerprint density at radius 2 is 2.00 bits per heavy atom. The summed E-state index contributed by atoms with van der Waals surface area (Å²) in [5.74, 6) is 0.772. The summed E-state index contributed by atoms with van der Waals surface area (Å²) in [4.78, 5) is 26.0. The van der Waals surface area contributed by atoms with E-state index in [1.807, 2.05) is 67.1 Å². The summed E-state index contributed by atoms with van der Waals surface area (Å²) >= 11 is 0. The highest BCUT2D eigenvalue weighted by atomic mass is 16.5. The number of nitrogens with zero attached hydrogens (tertiary/aromatic N) is 3. The van der Waals surface area contributed by atoms with Crippen molar-refractivity contribution in [1.82, 2.24) is 20.0 Å². The number of carbonyl (C=O) groups is 2. The van der Waals surface area contributed by atoms with Gasteiger partial charge in [0.25, 0.3) is 0 Å². The maximum Gasteiger partial charge on any atom is 0.317 e. The molecule has 8 heteroatoms. The maximum atomic E-state index is 12.8. The molecule has 0 saturated carbocycles. The fraction of sp³-hybridized carbons (Fsp3) is 0.318. The minimum atomic E-state index is -0.630. The second-order valence-electron chi connectivity index (χ2n) is 7.68. The number of hydrogen-bond donors (Lipinski definition) is 2. The second-order valence-corrected chi connectivity index (χ2v) is 7.68. The molecule has 3 amide bonds. The van der Waals surface area contributed by atoms with Crippen molar-refractivity contribution in [3.05, 3.63) is 54.1 Å². The van der Waals surface area contributed by atoms with Gasteiger partial charge in [0.2, 0.25) is 5.91 Å². The van der Waals surface area contributed by atoms with Crippen molar-refractivity contribution in [3.8, 4) is 5.75 Å². The van der Waals surface area contributed by atoms with E-state index >= 15 is 0 Å². The lowest BCUT2D eigenvalue weighted by atomic mass is 10.2. The third-order valence-electron chi connectivity index (χ3n) is 4.94. The highest BCUT2D eigenvalue weighted by molar-refractivity contribution is 6.05. The topological polar surface area (TPSA) is 88.5 Å². The lowest BCUT2D eigenvalue weighted by Gasteiger charge is -2.13. The van der Waals surface area contributed by atoms with Gasteiger partial charge in [-0.1, -0.05) is 36.4 Å². The zero-order chi connectivity index (χ0) is 21.3. The average Bonchev–Trinajstić information content (AvgIpc) is 3.23. The Balaban J connectivity index is 1.71. The summed E-state index contributed by atoms with van der Waals surface area (Å²) in [6, 6.07) is 14.9. The van der Waals surface area contributed by atoms with Gasteiger partial charge in [0.15, 0.2) is 5.82 Å². The van der Waals surface area contributed by atoms with Gasteiger partial charge in [0.05, 0.1) is 30.1 Å². The van der Waals surface area contributed by atoms with E-state index in [2.05, 4.69) is 15.7 Å².